The second kappa shape index (κ2) is 18.6. The monoisotopic (exact) mass is 313 g/mol. The minimum Gasteiger partial charge on any atom is -0.396 e. The first-order valence-corrected chi connectivity index (χ1v) is 9.62. The van der Waals surface area contributed by atoms with Crippen LogP contribution in [0, 0.1) is 0 Å². The molecule has 0 aromatic carbocycles. The van der Waals surface area contributed by atoms with Gasteiger partial charge in [-0.3, -0.25) is 0 Å². The van der Waals surface area contributed by atoms with Crippen molar-refractivity contribution in [3.8, 4) is 0 Å². The topological polar surface area (TPSA) is 40.5 Å². The Labute approximate surface area is 138 Å². The summed E-state index contributed by atoms with van der Waals surface area (Å²) in [5.41, 5.74) is 0. The van der Waals surface area contributed by atoms with E-state index < -0.39 is 0 Å². The van der Waals surface area contributed by atoms with Gasteiger partial charge in [0.05, 0.1) is 0 Å². The zero-order valence-electron chi connectivity index (χ0n) is 14.9. The largest absolute Gasteiger partial charge is 0.396 e. The van der Waals surface area contributed by atoms with Gasteiger partial charge in [0.15, 0.2) is 0 Å². The number of carbonyl (C=O) groups is 1. The summed E-state index contributed by atoms with van der Waals surface area (Å²) in [5.74, 6) is 0. The summed E-state index contributed by atoms with van der Waals surface area (Å²) in [5, 5.41) is 8.74. The lowest BCUT2D eigenvalue weighted by Crippen LogP contribution is -2.27. The molecular formula is C19H39NO2. The number of carbonyl (C=O) groups excluding carboxylic acids is 1. The zero-order chi connectivity index (χ0) is 16.3. The first kappa shape index (κ1) is 21.6. The van der Waals surface area contributed by atoms with E-state index in [0.717, 1.165) is 25.5 Å². The highest BCUT2D eigenvalue weighted by Crippen LogP contribution is 2.09. The van der Waals surface area contributed by atoms with Crippen molar-refractivity contribution in [1.29, 1.82) is 0 Å². The third-order valence-corrected chi connectivity index (χ3v) is 4.22. The predicted molar refractivity (Wildman–Crippen MR) is 95.3 cm³/mol. The van der Waals surface area contributed by atoms with E-state index in [2.05, 4.69) is 11.8 Å². The number of nitrogens with zero attached hydrogens (tertiary/aromatic N) is 1. The van der Waals surface area contributed by atoms with Gasteiger partial charge in [-0.1, -0.05) is 51.9 Å². The molecule has 0 aliphatic rings. The molecule has 3 heteroatoms. The van der Waals surface area contributed by atoms with Crippen LogP contribution >= 0.6 is 0 Å². The highest BCUT2D eigenvalue weighted by Gasteiger charge is 2.03. The average Bonchev–Trinajstić information content (AvgIpc) is 2.53. The molecule has 0 aromatic heterocycles. The summed E-state index contributed by atoms with van der Waals surface area (Å²) in [6, 6.07) is 0. The Morgan fingerprint density at radius 2 is 1.23 bits per heavy atom. The Morgan fingerprint density at radius 1 is 0.727 bits per heavy atom. The molecule has 0 radical (unpaired) electrons. The minimum absolute atomic E-state index is 0.347. The fourth-order valence-electron chi connectivity index (χ4n) is 2.90. The van der Waals surface area contributed by atoms with Crippen molar-refractivity contribution in [2.45, 2.75) is 90.4 Å². The molecule has 0 atom stereocenters. The van der Waals surface area contributed by atoms with E-state index in [4.69, 9.17) is 5.11 Å². The molecule has 0 bridgehead atoms. The lowest BCUT2D eigenvalue weighted by molar-refractivity contribution is -0.107. The van der Waals surface area contributed by atoms with Gasteiger partial charge in [-0.25, -0.2) is 0 Å². The first-order valence-electron chi connectivity index (χ1n) is 9.62. The van der Waals surface area contributed by atoms with Crippen LogP contribution in [0.3, 0.4) is 0 Å². The van der Waals surface area contributed by atoms with E-state index in [9.17, 15) is 4.79 Å². The second-order valence-corrected chi connectivity index (χ2v) is 6.41. The summed E-state index contributed by atoms with van der Waals surface area (Å²) in [6.45, 7) is 6.33. The zero-order valence-corrected chi connectivity index (χ0v) is 14.9. The number of rotatable bonds is 18. The molecule has 0 fully saturated rings. The van der Waals surface area contributed by atoms with Crippen molar-refractivity contribution < 1.29 is 9.90 Å². The Hall–Kier alpha value is -0.410. The van der Waals surface area contributed by atoms with Crippen molar-refractivity contribution in [2.75, 3.05) is 26.2 Å². The van der Waals surface area contributed by atoms with Crippen molar-refractivity contribution in [3.63, 3.8) is 0 Å². The number of aliphatic hydroxyl groups is 1. The molecule has 3 nitrogen and oxygen atoms in total. The van der Waals surface area contributed by atoms with Gasteiger partial charge in [0, 0.05) is 13.0 Å². The molecular weight excluding hydrogens is 274 g/mol. The van der Waals surface area contributed by atoms with E-state index in [1.807, 2.05) is 0 Å². The minimum atomic E-state index is 0.347. The fourth-order valence-corrected chi connectivity index (χ4v) is 2.90. The van der Waals surface area contributed by atoms with Crippen molar-refractivity contribution in [2.24, 2.45) is 0 Å². The van der Waals surface area contributed by atoms with Crippen molar-refractivity contribution in [3.05, 3.63) is 0 Å². The molecule has 132 valence electrons. The standard InChI is InChI=1S/C19H39NO2/c1-2-15-20(16-11-7-3-5-9-13-18-21)17-12-8-4-6-10-14-19-22/h18,22H,2-17,19H2,1H3. The summed E-state index contributed by atoms with van der Waals surface area (Å²) < 4.78 is 0. The summed E-state index contributed by atoms with van der Waals surface area (Å²) >= 11 is 0. The lowest BCUT2D eigenvalue weighted by Gasteiger charge is -2.21. The maximum Gasteiger partial charge on any atom is 0.119 e. The maximum absolute atomic E-state index is 10.2. The van der Waals surface area contributed by atoms with Crippen LogP contribution in [0.1, 0.15) is 90.4 Å². The van der Waals surface area contributed by atoms with Gasteiger partial charge in [-0.15, -0.1) is 0 Å². The molecule has 1 N–H and O–H groups in total. The molecule has 0 saturated heterocycles. The van der Waals surface area contributed by atoms with Crippen molar-refractivity contribution in [1.82, 2.24) is 4.90 Å². The van der Waals surface area contributed by atoms with Crippen LogP contribution in [0.5, 0.6) is 0 Å². The third kappa shape index (κ3) is 16.0. The Kier molecular flexibility index (Phi) is 18.3. The van der Waals surface area contributed by atoms with Crippen molar-refractivity contribution >= 4 is 6.29 Å². The SMILES string of the molecule is CCCN(CCCCCCCC=O)CCCCCCCCO. The predicted octanol–water partition coefficient (Wildman–Crippen LogP) is 4.57. The summed E-state index contributed by atoms with van der Waals surface area (Å²) in [6.07, 6.45) is 16.6. The number of hydrogen-bond donors (Lipinski definition) is 1. The Bertz CT molecular complexity index is 221. The van der Waals surface area contributed by atoms with Gasteiger partial charge in [0.2, 0.25) is 0 Å². The van der Waals surface area contributed by atoms with E-state index in [-0.39, 0.29) is 0 Å². The van der Waals surface area contributed by atoms with Crippen LogP contribution in [0.25, 0.3) is 0 Å². The molecule has 0 amide bonds. The first-order chi connectivity index (χ1) is 10.8. The van der Waals surface area contributed by atoms with Gasteiger partial charge >= 0.3 is 0 Å². The summed E-state index contributed by atoms with van der Waals surface area (Å²) in [7, 11) is 0. The highest BCUT2D eigenvalue weighted by atomic mass is 16.2. The lowest BCUT2D eigenvalue weighted by atomic mass is 10.1. The molecule has 0 spiro atoms. The molecule has 0 saturated carbocycles. The third-order valence-electron chi connectivity index (χ3n) is 4.22. The number of unbranched alkanes of at least 4 members (excludes halogenated alkanes) is 10. The molecule has 0 aliphatic heterocycles. The second-order valence-electron chi connectivity index (χ2n) is 6.41. The number of hydrogen-bond acceptors (Lipinski definition) is 3. The quantitative estimate of drug-likeness (QED) is 0.298. The number of aliphatic hydroxyl groups excluding tert-OH is 1. The normalized spacial score (nSPS) is 11.2. The van der Waals surface area contributed by atoms with Crippen LogP contribution in [0.15, 0.2) is 0 Å². The highest BCUT2D eigenvalue weighted by molar-refractivity contribution is 5.48. The van der Waals surface area contributed by atoms with Gasteiger partial charge in [-0.2, -0.15) is 0 Å². The van der Waals surface area contributed by atoms with E-state index in [0.29, 0.717) is 6.61 Å². The molecule has 0 aromatic rings. The van der Waals surface area contributed by atoms with E-state index in [1.54, 1.807) is 0 Å². The fraction of sp³-hybridized carbons (Fsp3) is 0.947. The average molecular weight is 314 g/mol. The number of aldehydes is 1. The van der Waals surface area contributed by atoms with Gasteiger partial charge in [-0.05, 0) is 51.7 Å². The maximum atomic E-state index is 10.2. The molecule has 0 aliphatic carbocycles. The smallest absolute Gasteiger partial charge is 0.119 e. The van der Waals surface area contributed by atoms with Crippen LogP contribution in [-0.4, -0.2) is 42.5 Å². The van der Waals surface area contributed by atoms with Crippen LogP contribution < -0.4 is 0 Å². The van der Waals surface area contributed by atoms with E-state index in [1.165, 1.54) is 83.8 Å². The van der Waals surface area contributed by atoms with E-state index >= 15 is 0 Å². The van der Waals surface area contributed by atoms with Crippen LogP contribution in [-0.2, 0) is 4.79 Å². The Morgan fingerprint density at radius 3 is 1.73 bits per heavy atom. The molecule has 0 heterocycles. The van der Waals surface area contributed by atoms with Crippen LogP contribution in [0.4, 0.5) is 0 Å². The molecule has 22 heavy (non-hydrogen) atoms. The van der Waals surface area contributed by atoms with Crippen LogP contribution in [0.2, 0.25) is 0 Å². The van der Waals surface area contributed by atoms with Gasteiger partial charge in [0.1, 0.15) is 6.29 Å². The molecule has 0 rings (SSSR count). The molecule has 0 unspecified atom stereocenters. The Balaban J connectivity index is 3.46. The van der Waals surface area contributed by atoms with Gasteiger partial charge < -0.3 is 14.8 Å². The van der Waals surface area contributed by atoms with Gasteiger partial charge in [0.25, 0.3) is 0 Å². The summed E-state index contributed by atoms with van der Waals surface area (Å²) in [4.78, 5) is 12.9.